The molecule has 1 aliphatic heterocycles. The predicted molar refractivity (Wildman–Crippen MR) is 70.1 cm³/mol. The number of rotatable bonds is 2. The molecule has 2 nitrogen and oxygen atoms in total. The lowest BCUT2D eigenvalue weighted by molar-refractivity contribution is 0.0878. The normalized spacial score (nSPS) is 17.4. The lowest BCUT2D eigenvalue weighted by Gasteiger charge is -2.04. The summed E-state index contributed by atoms with van der Waals surface area (Å²) in [5, 5.41) is 0. The zero-order chi connectivity index (χ0) is 12.5. The molecule has 1 aliphatic rings. The first kappa shape index (κ1) is 11.0. The van der Waals surface area contributed by atoms with Crippen molar-refractivity contribution in [3.05, 3.63) is 65.2 Å². The summed E-state index contributed by atoms with van der Waals surface area (Å²) in [5.74, 6) is 0.796. The highest BCUT2D eigenvalue weighted by molar-refractivity contribution is 6.04. The fraction of sp³-hybridized carbons (Fsp3) is 0.188. The molecular weight excluding hydrogens is 224 g/mol. The first-order valence-electron chi connectivity index (χ1n) is 6.12. The zero-order valence-electron chi connectivity index (χ0n) is 10.2. The van der Waals surface area contributed by atoms with Crippen molar-refractivity contribution in [3.8, 4) is 5.75 Å². The Morgan fingerprint density at radius 3 is 2.61 bits per heavy atom. The van der Waals surface area contributed by atoms with Gasteiger partial charge < -0.3 is 4.74 Å². The molecule has 0 fully saturated rings. The van der Waals surface area contributed by atoms with E-state index in [1.807, 2.05) is 36.4 Å². The molecule has 0 saturated carbocycles. The summed E-state index contributed by atoms with van der Waals surface area (Å²) in [7, 11) is 0. The lowest BCUT2D eigenvalue weighted by Crippen LogP contribution is -2.14. The van der Waals surface area contributed by atoms with Gasteiger partial charge in [0.05, 0.1) is 5.56 Å². The number of hydrogen-bond acceptors (Lipinski definition) is 2. The fourth-order valence-electron chi connectivity index (χ4n) is 2.28. The van der Waals surface area contributed by atoms with Gasteiger partial charge in [0.2, 0.25) is 5.78 Å². The minimum absolute atomic E-state index is 0.0833. The van der Waals surface area contributed by atoms with E-state index >= 15 is 0 Å². The van der Waals surface area contributed by atoms with Crippen molar-refractivity contribution >= 4 is 5.78 Å². The molecule has 90 valence electrons. The average Bonchev–Trinajstić information content (AvgIpc) is 2.67. The Kier molecular flexibility index (Phi) is 2.63. The van der Waals surface area contributed by atoms with Gasteiger partial charge in [-0.3, -0.25) is 4.79 Å². The molecule has 2 aromatic rings. The summed E-state index contributed by atoms with van der Waals surface area (Å²) in [4.78, 5) is 11.9. The SMILES string of the molecule is CC1Oc2ccc(Cc3ccccc3)cc2C1=O. The number of hydrogen-bond donors (Lipinski definition) is 0. The van der Waals surface area contributed by atoms with Crippen molar-refractivity contribution in [2.75, 3.05) is 0 Å². The van der Waals surface area contributed by atoms with Crippen LogP contribution in [0.4, 0.5) is 0 Å². The van der Waals surface area contributed by atoms with Crippen molar-refractivity contribution < 1.29 is 9.53 Å². The van der Waals surface area contributed by atoms with Crippen LogP contribution in [0.3, 0.4) is 0 Å². The van der Waals surface area contributed by atoms with E-state index in [4.69, 9.17) is 4.74 Å². The van der Waals surface area contributed by atoms with Gasteiger partial charge in [0.1, 0.15) is 5.75 Å². The second-order valence-electron chi connectivity index (χ2n) is 4.62. The molecule has 0 spiro atoms. The summed E-state index contributed by atoms with van der Waals surface area (Å²) in [5.41, 5.74) is 3.11. The Morgan fingerprint density at radius 1 is 1.06 bits per heavy atom. The van der Waals surface area contributed by atoms with Gasteiger partial charge in [-0.2, -0.15) is 0 Å². The van der Waals surface area contributed by atoms with Gasteiger partial charge in [-0.15, -0.1) is 0 Å². The summed E-state index contributed by atoms with van der Waals surface area (Å²) < 4.78 is 5.47. The molecule has 0 radical (unpaired) electrons. The fourth-order valence-corrected chi connectivity index (χ4v) is 2.28. The molecular formula is C16H14O2. The smallest absolute Gasteiger partial charge is 0.206 e. The van der Waals surface area contributed by atoms with E-state index in [1.165, 1.54) is 5.56 Å². The van der Waals surface area contributed by atoms with E-state index in [2.05, 4.69) is 12.1 Å². The van der Waals surface area contributed by atoms with Gasteiger partial charge in [-0.05, 0) is 36.6 Å². The molecule has 1 heterocycles. The van der Waals surface area contributed by atoms with Gasteiger partial charge in [0, 0.05) is 0 Å². The standard InChI is InChI=1S/C16H14O2/c1-11-16(17)14-10-13(7-8-15(14)18-11)9-12-5-3-2-4-6-12/h2-8,10-11H,9H2,1H3. The number of benzene rings is 2. The Morgan fingerprint density at radius 2 is 1.83 bits per heavy atom. The minimum atomic E-state index is -0.341. The maximum Gasteiger partial charge on any atom is 0.206 e. The summed E-state index contributed by atoms with van der Waals surface area (Å²) in [6.07, 6.45) is 0.502. The minimum Gasteiger partial charge on any atom is -0.482 e. The van der Waals surface area contributed by atoms with Crippen LogP contribution in [0.25, 0.3) is 0 Å². The predicted octanol–water partition coefficient (Wildman–Crippen LogP) is 3.24. The van der Waals surface area contributed by atoms with Gasteiger partial charge in [0.25, 0.3) is 0 Å². The van der Waals surface area contributed by atoms with Gasteiger partial charge >= 0.3 is 0 Å². The molecule has 0 N–H and O–H groups in total. The Bertz CT molecular complexity index is 587. The third kappa shape index (κ3) is 1.90. The quantitative estimate of drug-likeness (QED) is 0.802. The molecule has 18 heavy (non-hydrogen) atoms. The van der Waals surface area contributed by atoms with Crippen LogP contribution < -0.4 is 4.74 Å². The summed E-state index contributed by atoms with van der Waals surface area (Å²) in [6, 6.07) is 16.1. The molecule has 0 saturated heterocycles. The van der Waals surface area contributed by atoms with Crippen LogP contribution in [0.5, 0.6) is 5.75 Å². The van der Waals surface area contributed by atoms with E-state index in [1.54, 1.807) is 6.92 Å². The first-order chi connectivity index (χ1) is 8.74. The molecule has 0 aliphatic carbocycles. The summed E-state index contributed by atoms with van der Waals surface area (Å²) >= 11 is 0. The highest BCUT2D eigenvalue weighted by Crippen LogP contribution is 2.30. The number of Topliss-reactive ketones (excluding diaryl/α,β-unsaturated/α-hetero) is 1. The molecule has 2 aromatic carbocycles. The molecule has 0 aromatic heterocycles. The van der Waals surface area contributed by atoms with E-state index in [-0.39, 0.29) is 11.9 Å². The van der Waals surface area contributed by atoms with Crippen LogP contribution in [0.1, 0.15) is 28.4 Å². The van der Waals surface area contributed by atoms with Crippen LogP contribution in [-0.4, -0.2) is 11.9 Å². The molecule has 1 atom stereocenters. The van der Waals surface area contributed by atoms with E-state index in [0.717, 1.165) is 17.5 Å². The second kappa shape index (κ2) is 4.30. The number of ketones is 1. The van der Waals surface area contributed by atoms with Crippen LogP contribution in [0.15, 0.2) is 48.5 Å². The lowest BCUT2D eigenvalue weighted by atomic mass is 10.0. The van der Waals surface area contributed by atoms with E-state index in [0.29, 0.717) is 5.75 Å². The Labute approximate surface area is 106 Å². The Hall–Kier alpha value is -2.09. The number of ether oxygens (including phenoxy) is 1. The third-order valence-corrected chi connectivity index (χ3v) is 3.23. The van der Waals surface area contributed by atoms with Gasteiger partial charge in [0.15, 0.2) is 6.10 Å². The molecule has 3 rings (SSSR count). The summed E-state index contributed by atoms with van der Waals surface area (Å²) in [6.45, 7) is 1.79. The van der Waals surface area contributed by atoms with Gasteiger partial charge in [-0.1, -0.05) is 36.4 Å². The van der Waals surface area contributed by atoms with Crippen molar-refractivity contribution in [2.45, 2.75) is 19.4 Å². The highest BCUT2D eigenvalue weighted by atomic mass is 16.5. The number of carbonyl (C=O) groups is 1. The van der Waals surface area contributed by atoms with Crippen LogP contribution in [0.2, 0.25) is 0 Å². The second-order valence-corrected chi connectivity index (χ2v) is 4.62. The van der Waals surface area contributed by atoms with Crippen molar-refractivity contribution in [2.24, 2.45) is 0 Å². The first-order valence-corrected chi connectivity index (χ1v) is 6.12. The molecule has 0 amide bonds. The van der Waals surface area contributed by atoms with Crippen molar-refractivity contribution in [1.82, 2.24) is 0 Å². The number of carbonyl (C=O) groups excluding carboxylic acids is 1. The van der Waals surface area contributed by atoms with Crippen molar-refractivity contribution in [1.29, 1.82) is 0 Å². The average molecular weight is 238 g/mol. The molecule has 1 unspecified atom stereocenters. The maximum absolute atomic E-state index is 11.9. The molecule has 0 bridgehead atoms. The topological polar surface area (TPSA) is 26.3 Å². The third-order valence-electron chi connectivity index (χ3n) is 3.23. The van der Waals surface area contributed by atoms with E-state index < -0.39 is 0 Å². The largest absolute Gasteiger partial charge is 0.482 e. The van der Waals surface area contributed by atoms with Crippen LogP contribution in [-0.2, 0) is 6.42 Å². The Balaban J connectivity index is 1.90. The molecule has 2 heteroatoms. The number of fused-ring (bicyclic) bond motifs is 1. The van der Waals surface area contributed by atoms with Gasteiger partial charge in [-0.25, -0.2) is 0 Å². The van der Waals surface area contributed by atoms with Crippen LogP contribution in [0, 0.1) is 0 Å². The zero-order valence-corrected chi connectivity index (χ0v) is 10.2. The van der Waals surface area contributed by atoms with Crippen LogP contribution >= 0.6 is 0 Å². The monoisotopic (exact) mass is 238 g/mol. The van der Waals surface area contributed by atoms with E-state index in [9.17, 15) is 4.79 Å². The highest BCUT2D eigenvalue weighted by Gasteiger charge is 2.28. The maximum atomic E-state index is 11.9. The van der Waals surface area contributed by atoms with Crippen molar-refractivity contribution in [3.63, 3.8) is 0 Å².